The van der Waals surface area contributed by atoms with Gasteiger partial charge in [0.2, 0.25) is 0 Å². The Labute approximate surface area is 224 Å². The Morgan fingerprint density at radius 1 is 0.486 bits per heavy atom. The van der Waals surface area contributed by atoms with Gasteiger partial charge in [0.1, 0.15) is 0 Å². The van der Waals surface area contributed by atoms with Gasteiger partial charge in [-0.15, -0.1) is 0 Å². The maximum Gasteiger partial charge on any atom is 0.172 e. The van der Waals surface area contributed by atoms with Gasteiger partial charge < -0.3 is 5.32 Å². The van der Waals surface area contributed by atoms with E-state index in [4.69, 9.17) is 0 Å². The maximum absolute atomic E-state index is 3.93. The van der Waals surface area contributed by atoms with Gasteiger partial charge in [-0.3, -0.25) is 0 Å². The Kier molecular flexibility index (Phi) is 8.77. The van der Waals surface area contributed by atoms with Gasteiger partial charge >= 0.3 is 0 Å². The predicted octanol–water partition coefficient (Wildman–Crippen LogP) is 4.85. The van der Waals surface area contributed by atoms with Crippen LogP contribution >= 0.6 is 7.92 Å². The van der Waals surface area contributed by atoms with E-state index in [-0.39, 0.29) is 7.92 Å². The van der Waals surface area contributed by atoms with Gasteiger partial charge in [0.15, 0.2) is 8.07 Å². The molecular weight excluding hydrogens is 481 g/mol. The Morgan fingerprint density at radius 3 is 1.22 bits per heavy atom. The summed E-state index contributed by atoms with van der Waals surface area (Å²) < 4.78 is 0. The van der Waals surface area contributed by atoms with Crippen LogP contribution in [0.4, 0.5) is 0 Å². The zero-order chi connectivity index (χ0) is 25.2. The molecule has 0 unspecified atom stereocenters. The lowest BCUT2D eigenvalue weighted by Crippen LogP contribution is -2.69. The van der Waals surface area contributed by atoms with Crippen LogP contribution in [0.3, 0.4) is 0 Å². The smallest absolute Gasteiger partial charge is 0.172 e. The minimum atomic E-state index is -2.48. The molecule has 0 aliphatic carbocycles. The predicted molar refractivity (Wildman–Crippen MR) is 164 cm³/mol. The van der Waals surface area contributed by atoms with Crippen molar-refractivity contribution in [2.75, 3.05) is 12.7 Å². The molecular formula is C34H32NPSi. The molecule has 1 nitrogen and oxygen atoms in total. The average Bonchev–Trinajstić information content (AvgIpc) is 2.99. The second kappa shape index (κ2) is 12.8. The molecule has 0 spiro atoms. The molecule has 2 radical (unpaired) electrons. The van der Waals surface area contributed by atoms with Gasteiger partial charge in [0.25, 0.3) is 0 Å². The molecule has 0 aliphatic heterocycles. The lowest BCUT2D eigenvalue weighted by Gasteiger charge is -2.33. The van der Waals surface area contributed by atoms with Gasteiger partial charge in [0, 0.05) is 0 Å². The standard InChI is InChI=1S/C34H32NPSi/c1-6-17-30(18-7-1)36(31-19-8-2-9-20-31)28-16-27-35-29-37(32-21-10-3-11-22-32,33-23-12-4-13-24-33)34-25-14-5-15-26-34/h1-15,17-26,35H,16,27-28H2. The van der Waals surface area contributed by atoms with Crippen molar-refractivity contribution in [2.45, 2.75) is 6.42 Å². The van der Waals surface area contributed by atoms with Crippen molar-refractivity contribution in [1.82, 2.24) is 5.32 Å². The summed E-state index contributed by atoms with van der Waals surface area (Å²) in [6.07, 6.45) is 6.17. The first-order valence-corrected chi connectivity index (χ1v) is 16.4. The molecule has 0 heterocycles. The first-order chi connectivity index (χ1) is 18.4. The topological polar surface area (TPSA) is 12.0 Å². The van der Waals surface area contributed by atoms with Crippen molar-refractivity contribution in [1.29, 1.82) is 0 Å². The van der Waals surface area contributed by atoms with E-state index in [2.05, 4.69) is 163 Å². The van der Waals surface area contributed by atoms with Gasteiger partial charge in [-0.2, -0.15) is 0 Å². The lowest BCUT2D eigenvalue weighted by molar-refractivity contribution is 0.795. The molecule has 0 atom stereocenters. The van der Waals surface area contributed by atoms with E-state index in [1.165, 1.54) is 26.2 Å². The Morgan fingerprint density at radius 2 is 0.838 bits per heavy atom. The van der Waals surface area contributed by atoms with Crippen molar-refractivity contribution in [3.05, 3.63) is 158 Å². The van der Waals surface area contributed by atoms with Crippen LogP contribution in [0.15, 0.2) is 152 Å². The van der Waals surface area contributed by atoms with Crippen molar-refractivity contribution in [3.63, 3.8) is 0 Å². The van der Waals surface area contributed by atoms with Crippen molar-refractivity contribution in [2.24, 2.45) is 0 Å². The van der Waals surface area contributed by atoms with Gasteiger partial charge in [-0.25, -0.2) is 0 Å². The third-order valence-corrected chi connectivity index (χ3v) is 13.5. The summed E-state index contributed by atoms with van der Waals surface area (Å²) in [4.78, 5) is 0. The molecule has 5 rings (SSSR count). The maximum atomic E-state index is 3.93. The molecule has 0 saturated heterocycles. The number of benzene rings is 5. The molecule has 5 aromatic carbocycles. The normalized spacial score (nSPS) is 11.5. The van der Waals surface area contributed by atoms with Crippen LogP contribution in [-0.4, -0.2) is 20.8 Å². The molecule has 182 valence electrons. The van der Waals surface area contributed by atoms with Crippen LogP contribution in [0, 0.1) is 6.17 Å². The molecule has 1 N–H and O–H groups in total. The van der Waals surface area contributed by atoms with Gasteiger partial charge in [-0.1, -0.05) is 152 Å². The Hall–Kier alpha value is -3.29. The Balaban J connectivity index is 1.37. The number of nitrogens with one attached hydrogen (secondary N) is 1. The number of hydrogen-bond donors (Lipinski definition) is 1. The summed E-state index contributed by atoms with van der Waals surface area (Å²) in [5, 5.41) is 10.6. The molecule has 37 heavy (non-hydrogen) atoms. The van der Waals surface area contributed by atoms with Crippen molar-refractivity contribution in [3.8, 4) is 0 Å². The summed E-state index contributed by atoms with van der Waals surface area (Å²) in [6.45, 7) is 0.903. The third-order valence-electron chi connectivity index (χ3n) is 6.72. The van der Waals surface area contributed by atoms with Crippen LogP contribution < -0.4 is 31.5 Å². The largest absolute Gasteiger partial charge is 0.310 e. The summed E-state index contributed by atoms with van der Waals surface area (Å²) in [6, 6.07) is 54.8. The van der Waals surface area contributed by atoms with Crippen LogP contribution in [0.2, 0.25) is 0 Å². The van der Waals surface area contributed by atoms with E-state index in [1.54, 1.807) is 0 Å². The zero-order valence-electron chi connectivity index (χ0n) is 21.0. The van der Waals surface area contributed by atoms with E-state index in [1.807, 2.05) is 0 Å². The lowest BCUT2D eigenvalue weighted by atomic mass is 10.3. The quantitative estimate of drug-likeness (QED) is 0.0876. The minimum Gasteiger partial charge on any atom is -0.310 e. The van der Waals surface area contributed by atoms with E-state index < -0.39 is 8.07 Å². The fourth-order valence-electron chi connectivity index (χ4n) is 4.92. The third kappa shape index (κ3) is 6.00. The van der Waals surface area contributed by atoms with Gasteiger partial charge in [-0.05, 0) is 53.2 Å². The molecule has 3 heteroatoms. The van der Waals surface area contributed by atoms with Gasteiger partial charge in [0.05, 0.1) is 6.17 Å². The Bertz CT molecular complexity index is 1190. The van der Waals surface area contributed by atoms with Crippen LogP contribution in [-0.2, 0) is 0 Å². The average molecular weight is 514 g/mol. The van der Waals surface area contributed by atoms with E-state index in [9.17, 15) is 0 Å². The van der Waals surface area contributed by atoms with Crippen molar-refractivity contribution < 1.29 is 0 Å². The molecule has 0 amide bonds. The van der Waals surface area contributed by atoms with Crippen LogP contribution in [0.25, 0.3) is 0 Å². The molecule has 0 aromatic heterocycles. The first-order valence-electron chi connectivity index (χ1n) is 12.9. The minimum absolute atomic E-state index is 0.384. The van der Waals surface area contributed by atoms with E-state index in [0.717, 1.165) is 19.1 Å². The highest BCUT2D eigenvalue weighted by Crippen LogP contribution is 2.33. The zero-order valence-corrected chi connectivity index (χ0v) is 22.9. The second-order valence-electron chi connectivity index (χ2n) is 9.08. The van der Waals surface area contributed by atoms with E-state index in [0.29, 0.717) is 0 Å². The first kappa shape index (κ1) is 25.4. The second-order valence-corrected chi connectivity index (χ2v) is 14.9. The SMILES string of the molecule is [C](NCCCP(c1ccccc1)c1ccccc1)[Si](c1ccccc1)(c1ccccc1)c1ccccc1. The highest BCUT2D eigenvalue weighted by Gasteiger charge is 2.39. The fraction of sp³-hybridized carbons (Fsp3) is 0.0882. The molecule has 5 aromatic rings. The summed E-state index contributed by atoms with van der Waals surface area (Å²) >= 11 is 0. The van der Waals surface area contributed by atoms with Crippen LogP contribution in [0.1, 0.15) is 6.42 Å². The van der Waals surface area contributed by atoms with Crippen molar-refractivity contribution >= 4 is 42.2 Å². The molecule has 0 fully saturated rings. The number of hydrogen-bond acceptors (Lipinski definition) is 1. The molecule has 0 saturated carbocycles. The highest BCUT2D eigenvalue weighted by molar-refractivity contribution is 7.73. The highest BCUT2D eigenvalue weighted by atomic mass is 31.1. The monoisotopic (exact) mass is 513 g/mol. The molecule has 0 aliphatic rings. The summed E-state index contributed by atoms with van der Waals surface area (Å²) in [5.41, 5.74) is 0. The number of rotatable bonds is 11. The van der Waals surface area contributed by atoms with E-state index >= 15 is 0 Å². The summed E-state index contributed by atoms with van der Waals surface area (Å²) in [7, 11) is -2.87. The van der Waals surface area contributed by atoms with Crippen LogP contribution in [0.5, 0.6) is 0 Å². The fourth-order valence-corrected chi connectivity index (χ4v) is 11.2. The summed E-state index contributed by atoms with van der Waals surface area (Å²) in [5.74, 6) is 0. The molecule has 0 bridgehead atoms.